The molecule has 1 N–H and O–H groups in total. The molecule has 0 unspecified atom stereocenters. The van der Waals surface area contributed by atoms with Crippen molar-refractivity contribution in [1.82, 2.24) is 5.32 Å². The first-order valence-electron chi connectivity index (χ1n) is 4.26. The van der Waals surface area contributed by atoms with E-state index >= 15 is 0 Å². The second-order valence-corrected chi connectivity index (χ2v) is 4.66. The average Bonchev–Trinajstić information content (AvgIpc) is 2.19. The Morgan fingerprint density at radius 1 is 1.43 bits per heavy atom. The van der Waals surface area contributed by atoms with Gasteiger partial charge in [0.05, 0.1) is 0 Å². The van der Waals surface area contributed by atoms with Crippen LogP contribution in [0.25, 0.3) is 0 Å². The van der Waals surface area contributed by atoms with Crippen LogP contribution in [0.4, 0.5) is 0 Å². The summed E-state index contributed by atoms with van der Waals surface area (Å²) in [5.74, 6) is 0.939. The second-order valence-electron chi connectivity index (χ2n) is 2.76. The van der Waals surface area contributed by atoms with Gasteiger partial charge in [-0.3, -0.25) is 4.79 Å². The number of carbonyl (C=O) groups is 1. The standard InChI is InChI=1S/C10H12BrNOS/c1-14-7-6-12-10(13)8-2-4-9(11)5-3-8/h2-5H,6-7H2,1H3,(H,12,13). The van der Waals surface area contributed by atoms with Crippen molar-refractivity contribution >= 4 is 33.6 Å². The Hall–Kier alpha value is -0.480. The van der Waals surface area contributed by atoms with Crippen molar-refractivity contribution in [2.24, 2.45) is 0 Å². The molecule has 0 heterocycles. The van der Waals surface area contributed by atoms with Crippen LogP contribution in [0.3, 0.4) is 0 Å². The van der Waals surface area contributed by atoms with E-state index in [9.17, 15) is 4.79 Å². The highest BCUT2D eigenvalue weighted by atomic mass is 79.9. The van der Waals surface area contributed by atoms with Gasteiger partial charge < -0.3 is 5.32 Å². The monoisotopic (exact) mass is 273 g/mol. The molecule has 1 aromatic rings. The zero-order valence-electron chi connectivity index (χ0n) is 7.92. The smallest absolute Gasteiger partial charge is 0.251 e. The SMILES string of the molecule is CSCCNC(=O)c1ccc(Br)cc1. The average molecular weight is 274 g/mol. The minimum absolute atomic E-state index is 0.00782. The summed E-state index contributed by atoms with van der Waals surface area (Å²) >= 11 is 5.04. The molecule has 0 saturated heterocycles. The number of halogens is 1. The van der Waals surface area contributed by atoms with Gasteiger partial charge >= 0.3 is 0 Å². The number of nitrogens with one attached hydrogen (secondary N) is 1. The van der Waals surface area contributed by atoms with Crippen molar-refractivity contribution in [3.63, 3.8) is 0 Å². The molecule has 1 rings (SSSR count). The van der Waals surface area contributed by atoms with Gasteiger partial charge in [-0.15, -0.1) is 0 Å². The summed E-state index contributed by atoms with van der Waals surface area (Å²) < 4.78 is 0.984. The van der Waals surface area contributed by atoms with Gasteiger partial charge in [-0.05, 0) is 30.5 Å². The molecule has 0 atom stereocenters. The number of hydrogen-bond donors (Lipinski definition) is 1. The minimum atomic E-state index is -0.00782. The molecule has 0 aliphatic rings. The predicted molar refractivity (Wildman–Crippen MR) is 64.9 cm³/mol. The summed E-state index contributed by atoms with van der Waals surface area (Å²) in [7, 11) is 0. The lowest BCUT2D eigenvalue weighted by atomic mass is 10.2. The van der Waals surface area contributed by atoms with Crippen LogP contribution >= 0.6 is 27.7 Å². The molecule has 0 aliphatic carbocycles. The van der Waals surface area contributed by atoms with Crippen molar-refractivity contribution in [2.75, 3.05) is 18.6 Å². The second kappa shape index (κ2) is 6.09. The molecule has 2 nitrogen and oxygen atoms in total. The first kappa shape index (κ1) is 11.6. The van der Waals surface area contributed by atoms with E-state index in [1.807, 2.05) is 18.4 Å². The Morgan fingerprint density at radius 3 is 2.64 bits per heavy atom. The zero-order valence-corrected chi connectivity index (χ0v) is 10.3. The van der Waals surface area contributed by atoms with Crippen LogP contribution in [0.2, 0.25) is 0 Å². The van der Waals surface area contributed by atoms with Crippen molar-refractivity contribution in [3.8, 4) is 0 Å². The Balaban J connectivity index is 2.48. The molecule has 0 spiro atoms. The molecule has 76 valence electrons. The molecule has 0 fully saturated rings. The van der Waals surface area contributed by atoms with Gasteiger partial charge in [-0.1, -0.05) is 15.9 Å². The van der Waals surface area contributed by atoms with Crippen molar-refractivity contribution in [2.45, 2.75) is 0 Å². The maximum atomic E-state index is 11.5. The molecule has 0 aromatic heterocycles. The summed E-state index contributed by atoms with van der Waals surface area (Å²) in [4.78, 5) is 11.5. The van der Waals surface area contributed by atoms with Gasteiger partial charge in [0.25, 0.3) is 5.91 Å². The molecule has 0 aliphatic heterocycles. The van der Waals surface area contributed by atoms with Gasteiger partial charge in [0.1, 0.15) is 0 Å². The molecule has 14 heavy (non-hydrogen) atoms. The van der Waals surface area contributed by atoms with E-state index in [4.69, 9.17) is 0 Å². The maximum absolute atomic E-state index is 11.5. The van der Waals surface area contributed by atoms with Gasteiger partial charge in [-0.2, -0.15) is 11.8 Å². The normalized spacial score (nSPS) is 9.86. The first-order chi connectivity index (χ1) is 6.74. The van der Waals surface area contributed by atoms with Gasteiger partial charge in [-0.25, -0.2) is 0 Å². The summed E-state index contributed by atoms with van der Waals surface area (Å²) in [6, 6.07) is 7.34. The third-order valence-corrected chi connectivity index (χ3v) is 2.84. The number of thioether (sulfide) groups is 1. The lowest BCUT2D eigenvalue weighted by molar-refractivity contribution is 0.0956. The van der Waals surface area contributed by atoms with Gasteiger partial charge in [0.2, 0.25) is 0 Å². The van der Waals surface area contributed by atoms with Crippen molar-refractivity contribution < 1.29 is 4.79 Å². The van der Waals surface area contributed by atoms with Crippen LogP contribution in [0, 0.1) is 0 Å². The third-order valence-electron chi connectivity index (χ3n) is 1.70. The van der Waals surface area contributed by atoms with Crippen molar-refractivity contribution in [1.29, 1.82) is 0 Å². The Labute approximate surface area is 96.6 Å². The van der Waals surface area contributed by atoms with E-state index in [2.05, 4.69) is 21.2 Å². The third kappa shape index (κ3) is 3.72. The van der Waals surface area contributed by atoms with E-state index < -0.39 is 0 Å². The Kier molecular flexibility index (Phi) is 5.04. The Bertz CT molecular complexity index is 299. The maximum Gasteiger partial charge on any atom is 0.251 e. The number of carbonyl (C=O) groups excluding carboxylic acids is 1. The zero-order chi connectivity index (χ0) is 10.4. The fourth-order valence-corrected chi connectivity index (χ4v) is 1.54. The number of rotatable bonds is 4. The minimum Gasteiger partial charge on any atom is -0.351 e. The molecule has 0 saturated carbocycles. The lowest BCUT2D eigenvalue weighted by Gasteiger charge is -2.03. The molecule has 1 amide bonds. The first-order valence-corrected chi connectivity index (χ1v) is 6.45. The number of hydrogen-bond acceptors (Lipinski definition) is 2. The molecular weight excluding hydrogens is 262 g/mol. The highest BCUT2D eigenvalue weighted by molar-refractivity contribution is 9.10. The van der Waals surface area contributed by atoms with Crippen LogP contribution in [-0.2, 0) is 0 Å². The van der Waals surface area contributed by atoms with E-state index in [1.165, 1.54) is 0 Å². The topological polar surface area (TPSA) is 29.1 Å². The number of amides is 1. The van der Waals surface area contributed by atoms with Crippen LogP contribution < -0.4 is 5.32 Å². The highest BCUT2D eigenvalue weighted by Gasteiger charge is 2.02. The molecule has 1 aromatic carbocycles. The van der Waals surface area contributed by atoms with E-state index in [1.54, 1.807) is 23.9 Å². The number of benzene rings is 1. The van der Waals surface area contributed by atoms with Gasteiger partial charge in [0, 0.05) is 22.3 Å². The fourth-order valence-electron chi connectivity index (χ4n) is 0.970. The van der Waals surface area contributed by atoms with Crippen LogP contribution in [-0.4, -0.2) is 24.5 Å². The summed E-state index contributed by atoms with van der Waals surface area (Å²) in [5.41, 5.74) is 0.703. The quantitative estimate of drug-likeness (QED) is 0.855. The fraction of sp³-hybridized carbons (Fsp3) is 0.300. The highest BCUT2D eigenvalue weighted by Crippen LogP contribution is 2.10. The van der Waals surface area contributed by atoms with Crippen LogP contribution in [0.5, 0.6) is 0 Å². The van der Waals surface area contributed by atoms with Crippen LogP contribution in [0.1, 0.15) is 10.4 Å². The van der Waals surface area contributed by atoms with Crippen LogP contribution in [0.15, 0.2) is 28.7 Å². The van der Waals surface area contributed by atoms with Gasteiger partial charge in [0.15, 0.2) is 0 Å². The van der Waals surface area contributed by atoms with E-state index in [0.717, 1.165) is 16.8 Å². The van der Waals surface area contributed by atoms with E-state index in [-0.39, 0.29) is 5.91 Å². The molecule has 0 radical (unpaired) electrons. The predicted octanol–water partition coefficient (Wildman–Crippen LogP) is 2.54. The summed E-state index contributed by atoms with van der Waals surface area (Å²) in [6.45, 7) is 0.718. The molecular formula is C10H12BrNOS. The lowest BCUT2D eigenvalue weighted by Crippen LogP contribution is -2.25. The van der Waals surface area contributed by atoms with Crippen molar-refractivity contribution in [3.05, 3.63) is 34.3 Å². The Morgan fingerprint density at radius 2 is 2.07 bits per heavy atom. The molecule has 4 heteroatoms. The van der Waals surface area contributed by atoms with E-state index in [0.29, 0.717) is 5.56 Å². The summed E-state index contributed by atoms with van der Waals surface area (Å²) in [5, 5.41) is 2.84. The molecule has 0 bridgehead atoms. The summed E-state index contributed by atoms with van der Waals surface area (Å²) in [6.07, 6.45) is 2.02. The largest absolute Gasteiger partial charge is 0.351 e.